The van der Waals surface area contributed by atoms with Crippen LogP contribution in [0.5, 0.6) is 0 Å². The Bertz CT molecular complexity index is 211. The monoisotopic (exact) mass is 262 g/mol. The molecule has 4 aliphatic carbocycles. The quantitative estimate of drug-likeness (QED) is 0.503. The van der Waals surface area contributed by atoms with Crippen molar-refractivity contribution in [3.63, 3.8) is 0 Å². The fraction of sp³-hybridized carbons (Fsp3) is 1.00. The predicted octanol–water partition coefficient (Wildman–Crippen LogP) is 3.10. The maximum absolute atomic E-state index is 2.60. The summed E-state index contributed by atoms with van der Waals surface area (Å²) in [6.07, 6.45) is 3.14. The third kappa shape index (κ3) is 0.493. The Morgan fingerprint density at radius 3 is 2.00 bits per heavy atom. The topological polar surface area (TPSA) is 0 Å². The molecule has 0 amide bonds. The van der Waals surface area contributed by atoms with Gasteiger partial charge in [0.2, 0.25) is 0 Å². The maximum atomic E-state index is 2.60. The van der Waals surface area contributed by atoms with Crippen molar-refractivity contribution in [3.8, 4) is 0 Å². The highest BCUT2D eigenvalue weighted by molar-refractivity contribution is 14.1. The first-order valence-corrected chi connectivity index (χ1v) is 6.23. The lowest BCUT2D eigenvalue weighted by molar-refractivity contribution is 0.212. The highest BCUT2D eigenvalue weighted by Gasteiger charge is 2.80. The van der Waals surface area contributed by atoms with Gasteiger partial charge in [-0.2, -0.15) is 0 Å². The Balaban J connectivity index is 2.10. The maximum Gasteiger partial charge on any atom is 0.00574 e. The molecule has 0 saturated heterocycles. The molecule has 0 radical (unpaired) electrons. The third-order valence-corrected chi connectivity index (χ3v) is 6.99. The molecule has 1 heteroatoms. The largest absolute Gasteiger partial charge is 0.0857 e. The number of rotatable bonds is 1. The fourth-order valence-corrected chi connectivity index (χ4v) is 5.73. The Labute approximate surface area is 82.3 Å². The molecule has 4 saturated carbocycles. The molecule has 62 valence electrons. The summed E-state index contributed by atoms with van der Waals surface area (Å²) in [6.45, 7) is 5.09. The van der Waals surface area contributed by atoms with Crippen LogP contribution in [-0.4, -0.2) is 4.43 Å². The van der Waals surface area contributed by atoms with Crippen LogP contribution < -0.4 is 0 Å². The van der Waals surface area contributed by atoms with Crippen LogP contribution >= 0.6 is 22.6 Å². The highest BCUT2D eigenvalue weighted by Crippen LogP contribution is 2.86. The molecule has 0 spiro atoms. The lowest BCUT2D eigenvalue weighted by Gasteiger charge is -2.31. The van der Waals surface area contributed by atoms with Gasteiger partial charge < -0.3 is 0 Å². The van der Waals surface area contributed by atoms with Crippen LogP contribution in [0.25, 0.3) is 0 Å². The molecule has 0 aliphatic heterocycles. The summed E-state index contributed by atoms with van der Waals surface area (Å²) in [5.74, 6) is 3.39. The summed E-state index contributed by atoms with van der Waals surface area (Å²) < 4.78 is 1.39. The van der Waals surface area contributed by atoms with E-state index in [1.807, 2.05) is 0 Å². The molecule has 2 unspecified atom stereocenters. The van der Waals surface area contributed by atoms with Gasteiger partial charge in [0.05, 0.1) is 0 Å². The lowest BCUT2D eigenvalue weighted by atomic mass is 9.76. The van der Waals surface area contributed by atoms with Crippen LogP contribution in [-0.2, 0) is 0 Å². The summed E-state index contributed by atoms with van der Waals surface area (Å²) in [5.41, 5.74) is 1.52. The summed E-state index contributed by atoms with van der Waals surface area (Å²) in [7, 11) is 0. The molecule has 0 N–H and O–H groups in total. The van der Waals surface area contributed by atoms with E-state index >= 15 is 0 Å². The first kappa shape index (κ1) is 7.16. The van der Waals surface area contributed by atoms with Gasteiger partial charge in [-0.3, -0.25) is 0 Å². The van der Waals surface area contributed by atoms with E-state index in [0.29, 0.717) is 0 Å². The van der Waals surface area contributed by atoms with Gasteiger partial charge in [-0.1, -0.05) is 36.4 Å². The van der Waals surface area contributed by atoms with Crippen molar-refractivity contribution in [2.45, 2.75) is 26.7 Å². The summed E-state index contributed by atoms with van der Waals surface area (Å²) >= 11 is 2.60. The number of hydrogen-bond acceptors (Lipinski definition) is 0. The van der Waals surface area contributed by atoms with Crippen LogP contribution in [0.2, 0.25) is 0 Å². The molecule has 0 nitrogen and oxygen atoms in total. The fourth-order valence-electron chi connectivity index (χ4n) is 4.29. The van der Waals surface area contributed by atoms with Gasteiger partial charge in [-0.05, 0) is 41.4 Å². The smallest absolute Gasteiger partial charge is 0.00574 e. The molecule has 0 aromatic heterocycles. The lowest BCUT2D eigenvalue weighted by Crippen LogP contribution is -2.28. The molecule has 4 rings (SSSR count). The van der Waals surface area contributed by atoms with Gasteiger partial charge in [0.15, 0.2) is 0 Å². The molecule has 4 aliphatic rings. The van der Waals surface area contributed by atoms with E-state index in [2.05, 4.69) is 36.4 Å². The third-order valence-electron chi connectivity index (χ3n) is 5.40. The molecular weight excluding hydrogens is 247 g/mol. The van der Waals surface area contributed by atoms with Crippen LogP contribution in [0.1, 0.15) is 26.7 Å². The van der Waals surface area contributed by atoms with Gasteiger partial charge in [-0.15, -0.1) is 0 Å². The standard InChI is InChI=1S/C10H15I/c1-9(5-11)6-3-7-8(4-6)10(7,9)2/h6-8H,3-5H2,1-2H3/t6?,7?,8?,9-,10?/m1/s1. The Morgan fingerprint density at radius 2 is 1.82 bits per heavy atom. The van der Waals surface area contributed by atoms with E-state index in [9.17, 15) is 0 Å². The van der Waals surface area contributed by atoms with Crippen LogP contribution in [0.4, 0.5) is 0 Å². The highest BCUT2D eigenvalue weighted by atomic mass is 127. The van der Waals surface area contributed by atoms with Crippen molar-refractivity contribution >= 4 is 22.6 Å². The molecule has 3 atom stereocenters. The minimum Gasteiger partial charge on any atom is -0.0857 e. The normalized spacial score (nSPS) is 70.6. The van der Waals surface area contributed by atoms with E-state index < -0.39 is 0 Å². The molecule has 0 aromatic carbocycles. The van der Waals surface area contributed by atoms with Crippen molar-refractivity contribution in [1.29, 1.82) is 0 Å². The van der Waals surface area contributed by atoms with Gasteiger partial charge in [-0.25, -0.2) is 0 Å². The zero-order valence-electron chi connectivity index (χ0n) is 7.23. The molecular formula is C10H15I. The minimum atomic E-state index is 0.725. The minimum absolute atomic E-state index is 0.725. The van der Waals surface area contributed by atoms with Crippen LogP contribution in [0.3, 0.4) is 0 Å². The first-order valence-electron chi connectivity index (χ1n) is 4.70. The zero-order valence-corrected chi connectivity index (χ0v) is 9.39. The van der Waals surface area contributed by atoms with E-state index in [-0.39, 0.29) is 0 Å². The van der Waals surface area contributed by atoms with Gasteiger partial charge >= 0.3 is 0 Å². The van der Waals surface area contributed by atoms with E-state index in [1.54, 1.807) is 12.8 Å². The van der Waals surface area contributed by atoms with Gasteiger partial charge in [0.1, 0.15) is 0 Å². The first-order chi connectivity index (χ1) is 5.14. The molecule has 0 heterocycles. The second kappa shape index (κ2) is 1.66. The predicted molar refractivity (Wildman–Crippen MR) is 54.8 cm³/mol. The molecule has 4 bridgehead atoms. The number of hydrogen-bond donors (Lipinski definition) is 0. The van der Waals surface area contributed by atoms with Crippen molar-refractivity contribution in [2.24, 2.45) is 28.6 Å². The molecule has 4 fully saturated rings. The van der Waals surface area contributed by atoms with E-state index in [0.717, 1.165) is 28.6 Å². The second-order valence-electron chi connectivity index (χ2n) is 5.22. The molecule has 11 heavy (non-hydrogen) atoms. The van der Waals surface area contributed by atoms with Crippen molar-refractivity contribution in [2.75, 3.05) is 4.43 Å². The van der Waals surface area contributed by atoms with Crippen molar-refractivity contribution < 1.29 is 0 Å². The Hall–Kier alpha value is 0.730. The molecule has 0 aromatic rings. The summed E-state index contributed by atoms with van der Waals surface area (Å²) in [4.78, 5) is 0. The van der Waals surface area contributed by atoms with E-state index in [1.165, 1.54) is 4.43 Å². The summed E-state index contributed by atoms with van der Waals surface area (Å²) in [5, 5.41) is 0. The zero-order chi connectivity index (χ0) is 7.85. The number of alkyl halides is 1. The Morgan fingerprint density at radius 1 is 1.27 bits per heavy atom. The van der Waals surface area contributed by atoms with E-state index in [4.69, 9.17) is 0 Å². The number of halogens is 1. The Kier molecular flexibility index (Phi) is 1.08. The van der Waals surface area contributed by atoms with Crippen LogP contribution in [0.15, 0.2) is 0 Å². The summed E-state index contributed by atoms with van der Waals surface area (Å²) in [6, 6.07) is 0. The SMILES string of the molecule is CC12C3CC(CC31)[C@@]2(C)CI. The average Bonchev–Trinajstić information content (AvgIpc) is 2.42. The van der Waals surface area contributed by atoms with Crippen LogP contribution in [0, 0.1) is 28.6 Å². The van der Waals surface area contributed by atoms with Crippen molar-refractivity contribution in [3.05, 3.63) is 0 Å². The average molecular weight is 262 g/mol. The van der Waals surface area contributed by atoms with Gasteiger partial charge in [0.25, 0.3) is 0 Å². The van der Waals surface area contributed by atoms with Gasteiger partial charge in [0, 0.05) is 4.43 Å². The van der Waals surface area contributed by atoms with Crippen molar-refractivity contribution in [1.82, 2.24) is 0 Å². The second-order valence-corrected chi connectivity index (χ2v) is 5.98.